The number of para-hydroxylation sites is 2. The molecule has 1 fully saturated rings. The van der Waals surface area contributed by atoms with E-state index in [9.17, 15) is 9.90 Å². The van der Waals surface area contributed by atoms with Gasteiger partial charge in [-0.2, -0.15) is 0 Å². The fourth-order valence-electron chi connectivity index (χ4n) is 5.38. The standard InChI is InChI=1S/C34H30Cl3N3O4/c35-34(36,37)33(42)38-18-23-4-3-5-27(16-23)24-12-14-26(15-13-24)32-43-28(19-40-21-39-29-6-1-2-7-30(29)40)17-31(44-32)25-10-8-22(20-41)9-11-25/h1-16,21,28,31-32,41H,17-20H2,(H,38,42)/t28-,31+,32+/m1/s1. The number of hydrogen-bond donors (Lipinski definition) is 2. The lowest BCUT2D eigenvalue weighted by atomic mass is 9.99. The molecule has 6 rings (SSSR count). The molecule has 1 aromatic heterocycles. The van der Waals surface area contributed by atoms with Crippen molar-refractivity contribution in [3.8, 4) is 11.1 Å². The largest absolute Gasteiger partial charge is 0.392 e. The van der Waals surface area contributed by atoms with E-state index in [1.165, 1.54) is 0 Å². The minimum absolute atomic E-state index is 0.00722. The minimum atomic E-state index is -2.01. The van der Waals surface area contributed by atoms with Crippen LogP contribution < -0.4 is 5.32 Å². The second kappa shape index (κ2) is 13.3. The highest BCUT2D eigenvalue weighted by Gasteiger charge is 2.33. The second-order valence-electron chi connectivity index (χ2n) is 10.7. The van der Waals surface area contributed by atoms with Crippen LogP contribution in [0.5, 0.6) is 0 Å². The van der Waals surface area contributed by atoms with Crippen molar-refractivity contribution >= 4 is 51.7 Å². The normalized spacial score (nSPS) is 18.8. The maximum absolute atomic E-state index is 11.9. The number of alkyl halides is 3. The molecule has 1 amide bonds. The maximum atomic E-state index is 11.9. The first kappa shape index (κ1) is 30.6. The summed E-state index contributed by atoms with van der Waals surface area (Å²) in [6, 6.07) is 31.8. The molecule has 4 aromatic carbocycles. The van der Waals surface area contributed by atoms with Gasteiger partial charge in [0.15, 0.2) is 6.29 Å². The van der Waals surface area contributed by atoms with Gasteiger partial charge in [0, 0.05) is 18.5 Å². The first-order valence-corrected chi connectivity index (χ1v) is 15.3. The molecular formula is C34H30Cl3N3O4. The quantitative estimate of drug-likeness (QED) is 0.171. The van der Waals surface area contributed by atoms with E-state index in [1.807, 2.05) is 97.3 Å². The number of amides is 1. The molecule has 0 aliphatic carbocycles. The Morgan fingerprint density at radius 2 is 1.64 bits per heavy atom. The van der Waals surface area contributed by atoms with E-state index in [1.54, 1.807) is 0 Å². The lowest BCUT2D eigenvalue weighted by Crippen LogP contribution is -2.33. The molecule has 0 saturated carbocycles. The molecule has 3 atom stereocenters. The number of imidazole rings is 1. The van der Waals surface area contributed by atoms with E-state index >= 15 is 0 Å². The first-order chi connectivity index (χ1) is 21.3. The summed E-state index contributed by atoms with van der Waals surface area (Å²) in [5.74, 6) is -0.674. The summed E-state index contributed by atoms with van der Waals surface area (Å²) in [5.41, 5.74) is 7.64. The fourth-order valence-corrected chi connectivity index (χ4v) is 5.58. The van der Waals surface area contributed by atoms with Gasteiger partial charge in [0.25, 0.3) is 9.70 Å². The fraction of sp³-hybridized carbons (Fsp3) is 0.235. The summed E-state index contributed by atoms with van der Waals surface area (Å²) < 4.78 is 13.2. The molecule has 0 unspecified atom stereocenters. The van der Waals surface area contributed by atoms with Crippen molar-refractivity contribution in [2.45, 2.75) is 48.4 Å². The molecule has 7 nitrogen and oxygen atoms in total. The van der Waals surface area contributed by atoms with E-state index in [0.717, 1.165) is 44.4 Å². The van der Waals surface area contributed by atoms with Crippen LogP contribution in [0.2, 0.25) is 0 Å². The number of carbonyl (C=O) groups is 1. The van der Waals surface area contributed by atoms with Crippen LogP contribution in [-0.2, 0) is 34.0 Å². The lowest BCUT2D eigenvalue weighted by Gasteiger charge is -2.36. The number of aromatic nitrogens is 2. The summed E-state index contributed by atoms with van der Waals surface area (Å²) >= 11 is 17.0. The van der Waals surface area contributed by atoms with Gasteiger partial charge in [-0.25, -0.2) is 4.98 Å². The average molecular weight is 651 g/mol. The van der Waals surface area contributed by atoms with Gasteiger partial charge in [-0.1, -0.05) is 114 Å². The third kappa shape index (κ3) is 7.10. The highest BCUT2D eigenvalue weighted by atomic mass is 35.6. The summed E-state index contributed by atoms with van der Waals surface area (Å²) in [4.78, 5) is 16.5. The van der Waals surface area contributed by atoms with E-state index in [4.69, 9.17) is 44.3 Å². The van der Waals surface area contributed by atoms with Gasteiger partial charge >= 0.3 is 0 Å². The topological polar surface area (TPSA) is 85.6 Å². The zero-order valence-corrected chi connectivity index (χ0v) is 25.8. The zero-order valence-electron chi connectivity index (χ0n) is 23.6. The van der Waals surface area contributed by atoms with E-state index in [0.29, 0.717) is 13.0 Å². The third-order valence-corrected chi connectivity index (χ3v) is 8.21. The molecule has 0 spiro atoms. The Morgan fingerprint density at radius 1 is 0.886 bits per heavy atom. The molecule has 0 radical (unpaired) electrons. The van der Waals surface area contributed by atoms with Crippen LogP contribution >= 0.6 is 34.8 Å². The van der Waals surface area contributed by atoms with Gasteiger partial charge in [-0.05, 0) is 46.0 Å². The van der Waals surface area contributed by atoms with Crippen LogP contribution in [0.4, 0.5) is 0 Å². The average Bonchev–Trinajstić information content (AvgIpc) is 3.45. The smallest absolute Gasteiger partial charge is 0.272 e. The van der Waals surface area contributed by atoms with E-state index < -0.39 is 16.0 Å². The van der Waals surface area contributed by atoms with Crippen LogP contribution in [0, 0.1) is 0 Å². The van der Waals surface area contributed by atoms with Crippen LogP contribution in [0.15, 0.2) is 103 Å². The molecule has 0 bridgehead atoms. The SMILES string of the molecule is O=C(NCc1cccc(-c2ccc([C@H]3O[C@@H](Cn4cnc5ccccc54)C[C@@H](c4ccc(CO)cc4)O3)cc2)c1)C(Cl)(Cl)Cl. The number of rotatable bonds is 8. The van der Waals surface area contributed by atoms with Gasteiger partial charge in [-0.3, -0.25) is 4.79 Å². The summed E-state index contributed by atoms with van der Waals surface area (Å²) in [5, 5.41) is 12.1. The van der Waals surface area contributed by atoms with Gasteiger partial charge in [0.1, 0.15) is 0 Å². The Morgan fingerprint density at radius 3 is 2.39 bits per heavy atom. The third-order valence-electron chi connectivity index (χ3n) is 7.70. The number of hydrogen-bond acceptors (Lipinski definition) is 5. The Kier molecular flexibility index (Phi) is 9.23. The predicted molar refractivity (Wildman–Crippen MR) is 172 cm³/mol. The molecule has 1 aliphatic heterocycles. The zero-order chi connectivity index (χ0) is 30.7. The van der Waals surface area contributed by atoms with Gasteiger partial charge in [-0.15, -0.1) is 0 Å². The first-order valence-electron chi connectivity index (χ1n) is 14.2. The maximum Gasteiger partial charge on any atom is 0.272 e. The molecular weight excluding hydrogens is 621 g/mol. The Balaban J connectivity index is 1.22. The summed E-state index contributed by atoms with van der Waals surface area (Å²) in [6.07, 6.45) is 1.62. The van der Waals surface area contributed by atoms with Gasteiger partial charge in [0.05, 0.1) is 42.7 Å². The van der Waals surface area contributed by atoms with Crippen molar-refractivity contribution in [3.63, 3.8) is 0 Å². The number of halogens is 3. The second-order valence-corrected chi connectivity index (χ2v) is 13.0. The molecule has 1 saturated heterocycles. The molecule has 1 aliphatic rings. The monoisotopic (exact) mass is 649 g/mol. The molecule has 2 heterocycles. The summed E-state index contributed by atoms with van der Waals surface area (Å²) in [7, 11) is 0. The van der Waals surface area contributed by atoms with E-state index in [2.05, 4.69) is 20.9 Å². The Bertz CT molecular complexity index is 1740. The number of carbonyl (C=O) groups excluding carboxylic acids is 1. The van der Waals surface area contributed by atoms with Crippen molar-refractivity contribution < 1.29 is 19.4 Å². The molecule has 2 N–H and O–H groups in total. The van der Waals surface area contributed by atoms with E-state index in [-0.39, 0.29) is 25.4 Å². The number of ether oxygens (including phenoxy) is 2. The van der Waals surface area contributed by atoms with Crippen molar-refractivity contribution in [2.24, 2.45) is 0 Å². The van der Waals surface area contributed by atoms with Crippen molar-refractivity contribution in [1.82, 2.24) is 14.9 Å². The van der Waals surface area contributed by atoms with Crippen LogP contribution in [0.3, 0.4) is 0 Å². The van der Waals surface area contributed by atoms with Crippen LogP contribution in [-0.4, -0.2) is 30.5 Å². The van der Waals surface area contributed by atoms with Gasteiger partial charge < -0.3 is 24.5 Å². The molecule has 44 heavy (non-hydrogen) atoms. The Hall–Kier alpha value is -3.43. The lowest BCUT2D eigenvalue weighted by molar-refractivity contribution is -0.252. The Labute approximate surface area is 270 Å². The van der Waals surface area contributed by atoms with Crippen molar-refractivity contribution in [3.05, 3.63) is 126 Å². The van der Waals surface area contributed by atoms with Gasteiger partial charge in [0.2, 0.25) is 0 Å². The van der Waals surface area contributed by atoms with Crippen LogP contribution in [0.25, 0.3) is 22.2 Å². The number of fused-ring (bicyclic) bond motifs is 1. The predicted octanol–water partition coefficient (Wildman–Crippen LogP) is 7.43. The molecule has 226 valence electrons. The molecule has 10 heteroatoms. The van der Waals surface area contributed by atoms with Crippen molar-refractivity contribution in [1.29, 1.82) is 0 Å². The number of benzene rings is 4. The molecule has 5 aromatic rings. The summed E-state index contributed by atoms with van der Waals surface area (Å²) in [6.45, 7) is 0.856. The van der Waals surface area contributed by atoms with Crippen LogP contribution in [0.1, 0.15) is 41.1 Å². The number of aliphatic hydroxyl groups is 1. The number of nitrogens with one attached hydrogen (secondary N) is 1. The minimum Gasteiger partial charge on any atom is -0.392 e. The highest BCUT2D eigenvalue weighted by Crippen LogP contribution is 2.39. The number of nitrogens with zero attached hydrogens (tertiary/aromatic N) is 2. The number of aliphatic hydroxyl groups excluding tert-OH is 1. The van der Waals surface area contributed by atoms with Crippen molar-refractivity contribution in [2.75, 3.05) is 0 Å². The highest BCUT2D eigenvalue weighted by molar-refractivity contribution is 6.76.